The van der Waals surface area contributed by atoms with E-state index in [2.05, 4.69) is 24.3 Å². The summed E-state index contributed by atoms with van der Waals surface area (Å²) in [4.78, 5) is 11.8. The lowest BCUT2D eigenvalue weighted by Gasteiger charge is -2.17. The Morgan fingerprint density at radius 2 is 1.64 bits per heavy atom. The molecule has 2 aromatic rings. The van der Waals surface area contributed by atoms with E-state index in [9.17, 15) is 9.90 Å². The van der Waals surface area contributed by atoms with Crippen LogP contribution in [0.4, 0.5) is 0 Å². The van der Waals surface area contributed by atoms with Crippen molar-refractivity contribution >= 4 is 5.97 Å². The maximum Gasteiger partial charge on any atom is 0.336 e. The van der Waals surface area contributed by atoms with E-state index >= 15 is 0 Å². The lowest BCUT2D eigenvalue weighted by atomic mass is 9.98. The summed E-state index contributed by atoms with van der Waals surface area (Å²) in [6.07, 6.45) is -1.29. The summed E-state index contributed by atoms with van der Waals surface area (Å²) in [5, 5.41) is 9.66. The maximum absolute atomic E-state index is 11.8. The van der Waals surface area contributed by atoms with Gasteiger partial charge in [-0.25, -0.2) is 4.79 Å². The van der Waals surface area contributed by atoms with E-state index in [0.717, 1.165) is 11.1 Å². The first-order chi connectivity index (χ1) is 10.6. The summed E-state index contributed by atoms with van der Waals surface area (Å²) >= 11 is 0. The van der Waals surface area contributed by atoms with Gasteiger partial charge in [-0.15, -0.1) is 0 Å². The van der Waals surface area contributed by atoms with E-state index in [1.54, 1.807) is 6.92 Å². The molecule has 1 unspecified atom stereocenters. The lowest BCUT2D eigenvalue weighted by Crippen LogP contribution is -2.39. The topological polar surface area (TPSA) is 72.5 Å². The first-order valence-electron chi connectivity index (χ1n) is 7.38. The molecular weight excluding hydrogens is 278 g/mol. The molecular formula is C18H19NO3. The van der Waals surface area contributed by atoms with Crippen LogP contribution in [0.1, 0.15) is 24.0 Å². The molecule has 0 saturated heterocycles. The average Bonchev–Trinajstić information content (AvgIpc) is 2.86. The minimum atomic E-state index is -1.29. The molecule has 0 aromatic heterocycles. The van der Waals surface area contributed by atoms with E-state index in [0.29, 0.717) is 0 Å². The number of rotatable bonds is 4. The Bertz CT molecular complexity index is 651. The smallest absolute Gasteiger partial charge is 0.336 e. The number of ether oxygens (including phenoxy) is 1. The first-order valence-corrected chi connectivity index (χ1v) is 7.38. The van der Waals surface area contributed by atoms with Crippen LogP contribution in [-0.4, -0.2) is 29.8 Å². The summed E-state index contributed by atoms with van der Waals surface area (Å²) < 4.78 is 5.29. The van der Waals surface area contributed by atoms with Crippen molar-refractivity contribution in [3.05, 3.63) is 59.7 Å². The lowest BCUT2D eigenvalue weighted by molar-refractivity contribution is -0.154. The van der Waals surface area contributed by atoms with Crippen LogP contribution in [0, 0.1) is 0 Å². The summed E-state index contributed by atoms with van der Waals surface area (Å²) in [5.41, 5.74) is 10.2. The fourth-order valence-corrected chi connectivity index (χ4v) is 2.90. The average molecular weight is 297 g/mol. The maximum atomic E-state index is 11.8. The van der Waals surface area contributed by atoms with Crippen LogP contribution in [0.5, 0.6) is 0 Å². The molecule has 2 aromatic carbocycles. The first kappa shape index (κ1) is 14.8. The van der Waals surface area contributed by atoms with Crippen LogP contribution in [0.25, 0.3) is 11.1 Å². The third-order valence-electron chi connectivity index (χ3n) is 4.09. The number of esters is 1. The monoisotopic (exact) mass is 297 g/mol. The quantitative estimate of drug-likeness (QED) is 0.847. The zero-order valence-corrected chi connectivity index (χ0v) is 12.4. The zero-order chi connectivity index (χ0) is 15.7. The van der Waals surface area contributed by atoms with Crippen molar-refractivity contribution in [1.82, 2.24) is 0 Å². The van der Waals surface area contributed by atoms with Gasteiger partial charge in [0.25, 0.3) is 0 Å². The van der Waals surface area contributed by atoms with E-state index in [1.807, 2.05) is 24.3 Å². The van der Waals surface area contributed by atoms with E-state index in [-0.39, 0.29) is 12.5 Å². The van der Waals surface area contributed by atoms with Gasteiger partial charge in [0.15, 0.2) is 6.10 Å². The number of nitrogens with two attached hydrogens (primary N) is 1. The fourth-order valence-electron chi connectivity index (χ4n) is 2.90. The molecule has 4 nitrogen and oxygen atoms in total. The van der Waals surface area contributed by atoms with E-state index < -0.39 is 18.1 Å². The Hall–Kier alpha value is -2.17. The standard InChI is InChI=1S/C18H19NO3/c1-11(19)17(20)18(21)22-10-16-14-8-4-2-6-12(14)13-7-3-5-9-15(13)16/h2-9,11,16-17,20H,10,19H2,1H3/t11-,17?/m0/s1. The van der Waals surface area contributed by atoms with Crippen molar-refractivity contribution < 1.29 is 14.6 Å². The number of benzene rings is 2. The number of hydrogen-bond donors (Lipinski definition) is 2. The summed E-state index contributed by atoms with van der Waals surface area (Å²) in [6, 6.07) is 15.6. The largest absolute Gasteiger partial charge is 0.463 e. The highest BCUT2D eigenvalue weighted by Gasteiger charge is 2.30. The Kier molecular flexibility index (Phi) is 3.96. The molecule has 3 N–H and O–H groups in total. The second-order valence-electron chi connectivity index (χ2n) is 5.66. The Labute approximate surface area is 129 Å². The van der Waals surface area contributed by atoms with Crippen LogP contribution in [0.2, 0.25) is 0 Å². The van der Waals surface area contributed by atoms with Crippen molar-refractivity contribution in [3.63, 3.8) is 0 Å². The SMILES string of the molecule is C[C@H](N)C(O)C(=O)OCC1c2ccccc2-c2ccccc21. The predicted octanol–water partition coefficient (Wildman–Crippen LogP) is 2.05. The molecule has 0 fully saturated rings. The van der Waals surface area contributed by atoms with Crippen LogP contribution in [0.15, 0.2) is 48.5 Å². The van der Waals surface area contributed by atoms with E-state index in [4.69, 9.17) is 10.5 Å². The highest BCUT2D eigenvalue weighted by atomic mass is 16.5. The van der Waals surface area contributed by atoms with Gasteiger partial charge in [-0.1, -0.05) is 48.5 Å². The fraction of sp³-hybridized carbons (Fsp3) is 0.278. The molecule has 1 aliphatic carbocycles. The van der Waals surface area contributed by atoms with Crippen molar-refractivity contribution in [1.29, 1.82) is 0 Å². The predicted molar refractivity (Wildman–Crippen MR) is 84.3 cm³/mol. The van der Waals surface area contributed by atoms with Gasteiger partial charge in [-0.3, -0.25) is 0 Å². The zero-order valence-electron chi connectivity index (χ0n) is 12.4. The van der Waals surface area contributed by atoms with Gasteiger partial charge in [0.2, 0.25) is 0 Å². The van der Waals surface area contributed by atoms with Gasteiger partial charge >= 0.3 is 5.97 Å². The highest BCUT2D eigenvalue weighted by Crippen LogP contribution is 2.44. The molecule has 0 saturated carbocycles. The molecule has 0 amide bonds. The van der Waals surface area contributed by atoms with Crippen LogP contribution < -0.4 is 5.73 Å². The van der Waals surface area contributed by atoms with Gasteiger partial charge in [0.1, 0.15) is 6.61 Å². The number of aliphatic hydroxyl groups excluding tert-OH is 1. The molecule has 114 valence electrons. The molecule has 1 aliphatic rings. The minimum Gasteiger partial charge on any atom is -0.463 e. The molecule has 0 aliphatic heterocycles. The van der Waals surface area contributed by atoms with Gasteiger partial charge in [0.05, 0.1) is 0 Å². The van der Waals surface area contributed by atoms with Gasteiger partial charge in [-0.05, 0) is 29.2 Å². The second-order valence-corrected chi connectivity index (χ2v) is 5.66. The van der Waals surface area contributed by atoms with Gasteiger partial charge in [-0.2, -0.15) is 0 Å². The Morgan fingerprint density at radius 1 is 1.14 bits per heavy atom. The van der Waals surface area contributed by atoms with Crippen molar-refractivity contribution in [2.75, 3.05) is 6.61 Å². The number of hydrogen-bond acceptors (Lipinski definition) is 4. The van der Waals surface area contributed by atoms with Gasteiger partial charge in [0, 0.05) is 12.0 Å². The van der Waals surface area contributed by atoms with Crippen LogP contribution >= 0.6 is 0 Å². The van der Waals surface area contributed by atoms with Crippen molar-refractivity contribution in [2.45, 2.75) is 25.0 Å². The van der Waals surface area contributed by atoms with E-state index in [1.165, 1.54) is 11.1 Å². The molecule has 0 radical (unpaired) electrons. The molecule has 2 atom stereocenters. The number of aliphatic hydroxyl groups is 1. The Morgan fingerprint density at radius 3 is 2.14 bits per heavy atom. The molecule has 0 bridgehead atoms. The molecule has 4 heteroatoms. The highest BCUT2D eigenvalue weighted by molar-refractivity contribution is 5.79. The normalized spacial score (nSPS) is 15.8. The minimum absolute atomic E-state index is 0.00312. The molecule has 22 heavy (non-hydrogen) atoms. The van der Waals surface area contributed by atoms with Gasteiger partial charge < -0.3 is 15.6 Å². The van der Waals surface area contributed by atoms with Crippen molar-refractivity contribution in [2.24, 2.45) is 5.73 Å². The summed E-state index contributed by atoms with van der Waals surface area (Å²) in [6.45, 7) is 1.78. The molecule has 0 heterocycles. The third kappa shape index (κ3) is 2.51. The van der Waals surface area contributed by atoms with Crippen molar-refractivity contribution in [3.8, 4) is 11.1 Å². The molecule has 0 spiro atoms. The third-order valence-corrected chi connectivity index (χ3v) is 4.09. The Balaban J connectivity index is 1.84. The summed E-state index contributed by atoms with van der Waals surface area (Å²) in [5.74, 6) is -0.673. The molecule has 3 rings (SSSR count). The number of fused-ring (bicyclic) bond motifs is 3. The summed E-state index contributed by atoms with van der Waals surface area (Å²) in [7, 11) is 0. The number of carbonyl (C=O) groups excluding carboxylic acids is 1. The van der Waals surface area contributed by atoms with Crippen LogP contribution in [-0.2, 0) is 9.53 Å². The number of carbonyl (C=O) groups is 1. The van der Waals surface area contributed by atoms with Crippen LogP contribution in [0.3, 0.4) is 0 Å². The second kappa shape index (κ2) is 5.91.